The maximum Gasteiger partial charge on any atom is 0.255 e. The van der Waals surface area contributed by atoms with E-state index in [4.69, 9.17) is 26.1 Å². The molecule has 32 heavy (non-hydrogen) atoms. The first-order chi connectivity index (χ1) is 15.6. The molecule has 0 atom stereocenters. The van der Waals surface area contributed by atoms with Crippen LogP contribution in [0, 0.1) is 0 Å². The number of benzene rings is 3. The van der Waals surface area contributed by atoms with Crippen LogP contribution < -0.4 is 9.47 Å². The number of rotatable bonds is 2. The molecule has 1 amide bonds. The molecule has 7 heteroatoms. The third kappa shape index (κ3) is 3.78. The van der Waals surface area contributed by atoms with Crippen LogP contribution in [0.2, 0.25) is 5.02 Å². The topological polar surface area (TPSA) is 54.4 Å². The number of aliphatic imine (C=N–C) groups is 1. The third-order valence-corrected chi connectivity index (χ3v) is 6.04. The number of amidine groups is 1. The highest BCUT2D eigenvalue weighted by atomic mass is 35.5. The number of halogens is 1. The lowest BCUT2D eigenvalue weighted by atomic mass is 10.1. The van der Waals surface area contributed by atoms with Gasteiger partial charge in [0.05, 0.1) is 23.3 Å². The van der Waals surface area contributed by atoms with Crippen LogP contribution >= 0.6 is 11.6 Å². The summed E-state index contributed by atoms with van der Waals surface area (Å²) >= 11 is 6.24. The lowest BCUT2D eigenvalue weighted by Crippen LogP contribution is -2.50. The van der Waals surface area contributed by atoms with Crippen LogP contribution in [0.3, 0.4) is 0 Å². The first-order valence-electron chi connectivity index (χ1n) is 10.5. The van der Waals surface area contributed by atoms with Crippen LogP contribution in [-0.2, 0) is 0 Å². The first-order valence-corrected chi connectivity index (χ1v) is 10.8. The van der Waals surface area contributed by atoms with E-state index in [0.717, 1.165) is 28.6 Å². The lowest BCUT2D eigenvalue weighted by molar-refractivity contribution is 0.0692. The average molecular weight is 448 g/mol. The molecule has 0 N–H and O–H groups in total. The smallest absolute Gasteiger partial charge is 0.255 e. The number of ether oxygens (including phenoxy) is 2. The van der Waals surface area contributed by atoms with Gasteiger partial charge in [-0.25, -0.2) is 4.99 Å². The molecule has 1 saturated heterocycles. The van der Waals surface area contributed by atoms with E-state index in [1.165, 1.54) is 0 Å². The third-order valence-electron chi connectivity index (χ3n) is 5.71. The van der Waals surface area contributed by atoms with Crippen molar-refractivity contribution < 1.29 is 14.3 Å². The number of hydrogen-bond donors (Lipinski definition) is 0. The van der Waals surface area contributed by atoms with Crippen LogP contribution in [0.5, 0.6) is 17.2 Å². The standard InChI is InChI=1S/C25H22ClN3O3/c1-31-17-10-11-22-19(16-17)24(27-21-8-4-5-9-23(21)32-22)28-12-14-29(15-13-28)25(30)18-6-2-3-7-20(18)26/h2-11,16H,12-15H2,1H3. The fourth-order valence-corrected chi connectivity index (χ4v) is 4.21. The zero-order chi connectivity index (χ0) is 22.1. The maximum absolute atomic E-state index is 13.0. The van der Waals surface area contributed by atoms with Gasteiger partial charge in [-0.05, 0) is 42.5 Å². The maximum atomic E-state index is 13.0. The van der Waals surface area contributed by atoms with Crippen molar-refractivity contribution in [3.8, 4) is 17.2 Å². The molecule has 5 rings (SSSR count). The summed E-state index contributed by atoms with van der Waals surface area (Å²) in [4.78, 5) is 22.0. The molecule has 0 radical (unpaired) electrons. The van der Waals surface area contributed by atoms with Gasteiger partial charge in [0.15, 0.2) is 5.75 Å². The highest BCUT2D eigenvalue weighted by molar-refractivity contribution is 6.33. The van der Waals surface area contributed by atoms with Crippen molar-refractivity contribution in [1.82, 2.24) is 9.80 Å². The second-order valence-corrected chi connectivity index (χ2v) is 8.03. The fourth-order valence-electron chi connectivity index (χ4n) is 4.00. The Hall–Kier alpha value is -3.51. The van der Waals surface area contributed by atoms with Gasteiger partial charge in [-0.15, -0.1) is 0 Å². The first kappa shape index (κ1) is 20.4. The molecule has 1 fully saturated rings. The van der Waals surface area contributed by atoms with E-state index in [1.54, 1.807) is 19.2 Å². The number of nitrogens with zero attached hydrogens (tertiary/aromatic N) is 3. The zero-order valence-electron chi connectivity index (χ0n) is 17.6. The van der Waals surface area contributed by atoms with Crippen molar-refractivity contribution >= 4 is 29.0 Å². The number of hydrogen-bond acceptors (Lipinski definition) is 5. The SMILES string of the molecule is COc1ccc2c(c1)C(N1CCN(C(=O)c3ccccc3Cl)CC1)=Nc1ccccc1O2. The number of carbonyl (C=O) groups is 1. The summed E-state index contributed by atoms with van der Waals surface area (Å²) in [6.45, 7) is 2.44. The number of amides is 1. The molecule has 0 bridgehead atoms. The highest BCUT2D eigenvalue weighted by Crippen LogP contribution is 2.39. The van der Waals surface area contributed by atoms with Crippen molar-refractivity contribution in [3.63, 3.8) is 0 Å². The van der Waals surface area contributed by atoms with Gasteiger partial charge >= 0.3 is 0 Å². The molecule has 162 valence electrons. The molecule has 0 aliphatic carbocycles. The van der Waals surface area contributed by atoms with Crippen molar-refractivity contribution in [3.05, 3.63) is 82.9 Å². The minimum absolute atomic E-state index is 0.0474. The predicted molar refractivity (Wildman–Crippen MR) is 125 cm³/mol. The van der Waals surface area contributed by atoms with Gasteiger partial charge < -0.3 is 19.3 Å². The average Bonchev–Trinajstić information content (AvgIpc) is 3.00. The molecular weight excluding hydrogens is 426 g/mol. The predicted octanol–water partition coefficient (Wildman–Crippen LogP) is 4.99. The number of carbonyl (C=O) groups excluding carboxylic acids is 1. The summed E-state index contributed by atoms with van der Waals surface area (Å²) < 4.78 is 11.6. The molecule has 3 aromatic rings. The fraction of sp³-hybridized carbons (Fsp3) is 0.200. The molecule has 0 unspecified atom stereocenters. The Morgan fingerprint density at radius 3 is 2.50 bits per heavy atom. The van der Waals surface area contributed by atoms with Crippen molar-refractivity contribution in [2.24, 2.45) is 4.99 Å². The molecule has 2 aliphatic heterocycles. The summed E-state index contributed by atoms with van der Waals surface area (Å²) in [5.74, 6) is 2.94. The Morgan fingerprint density at radius 2 is 1.72 bits per heavy atom. The minimum Gasteiger partial charge on any atom is -0.497 e. The number of para-hydroxylation sites is 2. The van der Waals surface area contributed by atoms with E-state index >= 15 is 0 Å². The Morgan fingerprint density at radius 1 is 0.969 bits per heavy atom. The highest BCUT2D eigenvalue weighted by Gasteiger charge is 2.28. The van der Waals surface area contributed by atoms with Crippen LogP contribution in [-0.4, -0.2) is 54.8 Å². The second-order valence-electron chi connectivity index (χ2n) is 7.63. The van der Waals surface area contributed by atoms with Crippen LogP contribution in [0.25, 0.3) is 0 Å². The Kier molecular flexibility index (Phi) is 5.45. The largest absolute Gasteiger partial charge is 0.497 e. The zero-order valence-corrected chi connectivity index (χ0v) is 18.4. The molecular formula is C25H22ClN3O3. The Labute approximate surface area is 191 Å². The number of piperazine rings is 1. The van der Waals surface area contributed by atoms with Crippen LogP contribution in [0.15, 0.2) is 71.7 Å². The van der Waals surface area contributed by atoms with Gasteiger partial charge in [0.2, 0.25) is 0 Å². The Balaban J connectivity index is 1.44. The van der Waals surface area contributed by atoms with E-state index in [2.05, 4.69) is 4.90 Å². The molecule has 0 saturated carbocycles. The normalized spacial score (nSPS) is 15.1. The second kappa shape index (κ2) is 8.55. The monoisotopic (exact) mass is 447 g/mol. The summed E-state index contributed by atoms with van der Waals surface area (Å²) in [6, 6.07) is 20.6. The van der Waals surface area contributed by atoms with Gasteiger partial charge in [0.1, 0.15) is 23.0 Å². The number of fused-ring (bicyclic) bond motifs is 2. The van der Waals surface area contributed by atoms with Gasteiger partial charge in [-0.3, -0.25) is 4.79 Å². The molecule has 2 heterocycles. The van der Waals surface area contributed by atoms with E-state index in [1.807, 2.05) is 59.5 Å². The van der Waals surface area contributed by atoms with Gasteiger partial charge in [-0.1, -0.05) is 35.9 Å². The van der Waals surface area contributed by atoms with Gasteiger partial charge in [-0.2, -0.15) is 0 Å². The van der Waals surface area contributed by atoms with Crippen molar-refractivity contribution in [2.45, 2.75) is 0 Å². The van der Waals surface area contributed by atoms with Crippen LogP contribution in [0.4, 0.5) is 5.69 Å². The van der Waals surface area contributed by atoms with Crippen LogP contribution in [0.1, 0.15) is 15.9 Å². The van der Waals surface area contributed by atoms with E-state index < -0.39 is 0 Å². The summed E-state index contributed by atoms with van der Waals surface area (Å²) in [5.41, 5.74) is 2.17. The van der Waals surface area contributed by atoms with Crippen molar-refractivity contribution in [2.75, 3.05) is 33.3 Å². The van der Waals surface area contributed by atoms with E-state index in [-0.39, 0.29) is 5.91 Å². The minimum atomic E-state index is -0.0474. The number of methoxy groups -OCH3 is 1. The summed E-state index contributed by atoms with van der Waals surface area (Å²) in [6.07, 6.45) is 0. The van der Waals surface area contributed by atoms with Gasteiger partial charge in [0.25, 0.3) is 5.91 Å². The van der Waals surface area contributed by atoms with Gasteiger partial charge in [0, 0.05) is 26.2 Å². The summed E-state index contributed by atoms with van der Waals surface area (Å²) in [5, 5.41) is 0.475. The lowest BCUT2D eigenvalue weighted by Gasteiger charge is -2.36. The quantitative estimate of drug-likeness (QED) is 0.555. The Bertz CT molecular complexity index is 1200. The molecule has 3 aromatic carbocycles. The summed E-state index contributed by atoms with van der Waals surface area (Å²) in [7, 11) is 1.64. The van der Waals surface area contributed by atoms with E-state index in [0.29, 0.717) is 42.5 Å². The molecule has 2 aliphatic rings. The van der Waals surface area contributed by atoms with E-state index in [9.17, 15) is 4.79 Å². The molecule has 0 aromatic heterocycles. The molecule has 0 spiro atoms. The van der Waals surface area contributed by atoms with Crippen molar-refractivity contribution in [1.29, 1.82) is 0 Å². The molecule has 6 nitrogen and oxygen atoms in total.